The van der Waals surface area contributed by atoms with Crippen LogP contribution < -0.4 is 16.4 Å². The van der Waals surface area contributed by atoms with Crippen molar-refractivity contribution in [2.45, 2.75) is 116 Å². The first-order valence-corrected chi connectivity index (χ1v) is 18.3. The van der Waals surface area contributed by atoms with Crippen LogP contribution in [0.4, 0.5) is 31.1 Å². The van der Waals surface area contributed by atoms with Gasteiger partial charge in [0.25, 0.3) is 0 Å². The number of aromatic nitrogens is 2. The number of alkyl carbamates (subject to hydrolysis) is 1. The number of ether oxygens (including phenoxy) is 3. The number of nitrogens with one attached hydrogen (secondary N) is 2. The molecule has 2 atom stereocenters. The third kappa shape index (κ3) is 11.7. The van der Waals surface area contributed by atoms with Gasteiger partial charge in [0.1, 0.15) is 29.7 Å². The molecule has 2 rings (SSSR count). The molecule has 1 unspecified atom stereocenters. The maximum Gasteiger partial charge on any atom is 0.416 e. The van der Waals surface area contributed by atoms with Gasteiger partial charge < -0.3 is 35.1 Å². The number of carbonyl (C=O) groups is 1. The fourth-order valence-corrected chi connectivity index (χ4v) is 4.57. The van der Waals surface area contributed by atoms with E-state index in [-0.39, 0.29) is 19.1 Å². The molecule has 0 aliphatic heterocycles. The molecule has 1 aromatic heterocycles. The van der Waals surface area contributed by atoms with Gasteiger partial charge in [0.2, 0.25) is 0 Å². The molecule has 258 valence electrons. The lowest BCUT2D eigenvalue weighted by molar-refractivity contribution is -0.265. The highest BCUT2D eigenvalue weighted by Crippen LogP contribution is 2.34. The van der Waals surface area contributed by atoms with E-state index >= 15 is 0 Å². The second kappa shape index (κ2) is 14.2. The molecule has 1 amide bonds. The fourth-order valence-electron chi connectivity index (χ4n) is 3.81. The van der Waals surface area contributed by atoms with Gasteiger partial charge in [0.05, 0.1) is 17.6 Å². The zero-order valence-electron chi connectivity index (χ0n) is 27.4. The molecule has 2 aromatic rings. The summed E-state index contributed by atoms with van der Waals surface area (Å²) in [5, 5.41) is 5.30. The molecule has 0 spiro atoms. The van der Waals surface area contributed by atoms with Crippen molar-refractivity contribution in [1.29, 1.82) is 0 Å². The van der Waals surface area contributed by atoms with Crippen molar-refractivity contribution >= 4 is 25.2 Å². The van der Waals surface area contributed by atoms with Crippen molar-refractivity contribution in [3.05, 3.63) is 29.6 Å². The van der Waals surface area contributed by atoms with Gasteiger partial charge in [-0.2, -0.15) is 26.3 Å². The van der Waals surface area contributed by atoms with Crippen LogP contribution in [0.25, 0.3) is 11.0 Å². The quantitative estimate of drug-likeness (QED) is 0.117. The van der Waals surface area contributed by atoms with E-state index in [4.69, 9.17) is 19.9 Å². The first-order chi connectivity index (χ1) is 20.2. The van der Waals surface area contributed by atoms with Crippen molar-refractivity contribution in [2.75, 3.05) is 19.8 Å². The lowest BCUT2D eigenvalue weighted by atomic mass is 10.0. The number of hydrogen-bond acceptors (Lipinski definition) is 7. The SMILES string of the molecule is CC(C)(C)OC(=O)N[C@@H](COC(C)(C)C(F)(F)F)c1nc2cc(CNCC(C)(N)C(F)(F)F)ccc2n1COCC[Si](C)(C)C. The average molecular weight is 672 g/mol. The second-order valence-corrected chi connectivity index (χ2v) is 19.7. The maximum absolute atomic E-state index is 13.7. The summed E-state index contributed by atoms with van der Waals surface area (Å²) >= 11 is 0. The van der Waals surface area contributed by atoms with Crippen LogP contribution >= 0.6 is 0 Å². The van der Waals surface area contributed by atoms with E-state index in [0.717, 1.165) is 26.8 Å². The number of amides is 1. The lowest BCUT2D eigenvalue weighted by Gasteiger charge is -2.30. The van der Waals surface area contributed by atoms with Gasteiger partial charge >= 0.3 is 18.4 Å². The number of imidazole rings is 1. The first-order valence-electron chi connectivity index (χ1n) is 14.6. The Hall–Kier alpha value is -2.40. The average Bonchev–Trinajstić information content (AvgIpc) is 3.18. The predicted octanol–water partition coefficient (Wildman–Crippen LogP) is 6.64. The summed E-state index contributed by atoms with van der Waals surface area (Å²) in [5.41, 5.74) is 1.04. The number of benzene rings is 1. The zero-order valence-corrected chi connectivity index (χ0v) is 28.4. The van der Waals surface area contributed by atoms with Gasteiger partial charge in [0, 0.05) is 27.8 Å². The van der Waals surface area contributed by atoms with Crippen LogP contribution in [0.1, 0.15) is 59.0 Å². The Labute approximate surface area is 261 Å². The van der Waals surface area contributed by atoms with Crippen molar-refractivity contribution in [1.82, 2.24) is 20.2 Å². The summed E-state index contributed by atoms with van der Waals surface area (Å²) < 4.78 is 98.7. The minimum Gasteiger partial charge on any atom is -0.444 e. The first kappa shape index (κ1) is 38.8. The molecule has 1 heterocycles. The molecular formula is C29H47F6N5O4Si. The van der Waals surface area contributed by atoms with Gasteiger partial charge in [-0.15, -0.1) is 0 Å². The van der Waals surface area contributed by atoms with E-state index in [0.29, 0.717) is 23.2 Å². The summed E-state index contributed by atoms with van der Waals surface area (Å²) in [4.78, 5) is 17.4. The fraction of sp³-hybridized carbons (Fsp3) is 0.724. The van der Waals surface area contributed by atoms with E-state index in [1.165, 1.54) is 0 Å². The molecular weight excluding hydrogens is 624 g/mol. The van der Waals surface area contributed by atoms with Gasteiger partial charge in [-0.1, -0.05) is 25.7 Å². The lowest BCUT2D eigenvalue weighted by Crippen LogP contribution is -2.57. The summed E-state index contributed by atoms with van der Waals surface area (Å²) in [6.07, 6.45) is -10.2. The predicted molar refractivity (Wildman–Crippen MR) is 162 cm³/mol. The number of hydrogen-bond donors (Lipinski definition) is 3. The number of fused-ring (bicyclic) bond motifs is 1. The standard InChI is InChI=1S/C29H47F6N5O4Si/c1-25(2,3)44-24(41)39-21(16-43-26(4,5)28(30,31)32)23-38-20-14-19(15-37-17-27(6,36)29(33,34)35)10-11-22(20)40(23)18-42-12-13-45(7,8)9/h10-11,14,21,37H,12-13,15-18,36H2,1-9H3,(H,39,41)/t21-,27?/m0/s1. The number of alkyl halides is 6. The van der Waals surface area contributed by atoms with Crippen molar-refractivity contribution in [2.24, 2.45) is 5.73 Å². The molecule has 1 aromatic carbocycles. The third-order valence-corrected chi connectivity index (χ3v) is 8.53. The Morgan fingerprint density at radius 2 is 1.64 bits per heavy atom. The zero-order chi connectivity index (χ0) is 34.6. The van der Waals surface area contributed by atoms with E-state index in [1.807, 2.05) is 0 Å². The highest BCUT2D eigenvalue weighted by atomic mass is 28.3. The molecule has 0 saturated heterocycles. The van der Waals surface area contributed by atoms with Crippen LogP contribution in [0.3, 0.4) is 0 Å². The maximum atomic E-state index is 13.7. The Morgan fingerprint density at radius 3 is 2.18 bits per heavy atom. The van der Waals surface area contributed by atoms with Crippen LogP contribution in [0.5, 0.6) is 0 Å². The number of nitrogens with two attached hydrogens (primary N) is 1. The second-order valence-electron chi connectivity index (χ2n) is 14.1. The van der Waals surface area contributed by atoms with Gasteiger partial charge in [-0.25, -0.2) is 9.78 Å². The number of rotatable bonds is 14. The van der Waals surface area contributed by atoms with Crippen molar-refractivity contribution in [3.63, 3.8) is 0 Å². The van der Waals surface area contributed by atoms with Crippen LogP contribution in [-0.2, 0) is 27.5 Å². The van der Waals surface area contributed by atoms with Crippen molar-refractivity contribution in [3.8, 4) is 0 Å². The number of nitrogens with zero attached hydrogens (tertiary/aromatic N) is 2. The van der Waals surface area contributed by atoms with Crippen LogP contribution in [0.2, 0.25) is 25.7 Å². The summed E-state index contributed by atoms with van der Waals surface area (Å²) in [7, 11) is -1.45. The molecule has 16 heteroatoms. The Kier molecular flexibility index (Phi) is 12.2. The van der Waals surface area contributed by atoms with Gasteiger partial charge in [0.15, 0.2) is 5.60 Å². The van der Waals surface area contributed by atoms with Crippen LogP contribution in [0, 0.1) is 0 Å². The topological polar surface area (TPSA) is 113 Å². The Balaban J connectivity index is 2.50. The highest BCUT2D eigenvalue weighted by molar-refractivity contribution is 6.76. The van der Waals surface area contributed by atoms with E-state index in [1.54, 1.807) is 43.5 Å². The molecule has 0 radical (unpaired) electrons. The van der Waals surface area contributed by atoms with Crippen LogP contribution in [-0.4, -0.2) is 72.6 Å². The van der Waals surface area contributed by atoms with E-state index < -0.39 is 62.5 Å². The Morgan fingerprint density at radius 1 is 1.02 bits per heavy atom. The monoisotopic (exact) mass is 671 g/mol. The minimum absolute atomic E-state index is 0.0276. The smallest absolute Gasteiger partial charge is 0.416 e. The minimum atomic E-state index is -4.70. The van der Waals surface area contributed by atoms with E-state index in [2.05, 4.69) is 35.3 Å². The van der Waals surface area contributed by atoms with Crippen molar-refractivity contribution < 1.29 is 45.3 Å². The molecule has 0 saturated carbocycles. The molecule has 4 N–H and O–H groups in total. The molecule has 0 aliphatic rings. The normalized spacial score (nSPS) is 15.6. The largest absolute Gasteiger partial charge is 0.444 e. The molecule has 9 nitrogen and oxygen atoms in total. The molecule has 0 aliphatic carbocycles. The molecule has 45 heavy (non-hydrogen) atoms. The van der Waals surface area contributed by atoms with Crippen LogP contribution in [0.15, 0.2) is 18.2 Å². The van der Waals surface area contributed by atoms with Gasteiger partial charge in [-0.3, -0.25) is 0 Å². The molecule has 0 fully saturated rings. The number of halogens is 6. The summed E-state index contributed by atoms with van der Waals surface area (Å²) in [6.45, 7) is 13.4. The summed E-state index contributed by atoms with van der Waals surface area (Å²) in [6, 6.07) is 4.66. The molecule has 0 bridgehead atoms. The third-order valence-electron chi connectivity index (χ3n) is 6.82. The summed E-state index contributed by atoms with van der Waals surface area (Å²) in [5.74, 6) is 0.151. The van der Waals surface area contributed by atoms with E-state index in [9.17, 15) is 31.1 Å². The highest BCUT2D eigenvalue weighted by Gasteiger charge is 2.49. The van der Waals surface area contributed by atoms with Gasteiger partial charge in [-0.05, 0) is 65.3 Å². The Bertz CT molecular complexity index is 1280. The number of carbonyl (C=O) groups excluding carboxylic acids is 1.